The summed E-state index contributed by atoms with van der Waals surface area (Å²) in [6.45, 7) is 8.30. The first kappa shape index (κ1) is 20.2. The Hall–Kier alpha value is -1.55. The van der Waals surface area contributed by atoms with Gasteiger partial charge < -0.3 is 15.0 Å². The minimum atomic E-state index is -0.425. The Morgan fingerprint density at radius 3 is 2.41 bits per heavy atom. The summed E-state index contributed by atoms with van der Waals surface area (Å²) in [4.78, 5) is 14.2. The number of nitrogens with zero attached hydrogens (tertiary/aromatic N) is 1. The highest BCUT2D eigenvalue weighted by Gasteiger charge is 2.28. The van der Waals surface area contributed by atoms with Crippen LogP contribution in [0.2, 0.25) is 0 Å². The molecular formula is C23H36N2O2. The van der Waals surface area contributed by atoms with Crippen molar-refractivity contribution >= 4 is 6.09 Å². The second kappa shape index (κ2) is 9.09. The van der Waals surface area contributed by atoms with E-state index >= 15 is 0 Å². The van der Waals surface area contributed by atoms with E-state index in [-0.39, 0.29) is 6.09 Å². The van der Waals surface area contributed by atoms with Crippen molar-refractivity contribution in [3.05, 3.63) is 35.4 Å². The molecule has 1 aliphatic carbocycles. The van der Waals surface area contributed by atoms with E-state index in [1.54, 1.807) is 0 Å². The number of amides is 1. The lowest BCUT2D eigenvalue weighted by atomic mass is 9.86. The van der Waals surface area contributed by atoms with E-state index < -0.39 is 5.60 Å². The zero-order valence-electron chi connectivity index (χ0n) is 17.3. The minimum absolute atomic E-state index is 0.173. The summed E-state index contributed by atoms with van der Waals surface area (Å²) in [6.07, 6.45) is 8.61. The molecule has 1 heterocycles. The summed E-state index contributed by atoms with van der Waals surface area (Å²) in [6, 6.07) is 9.54. The number of piperidine rings is 1. The highest BCUT2D eigenvalue weighted by Crippen LogP contribution is 2.31. The molecular weight excluding hydrogens is 336 g/mol. The zero-order valence-corrected chi connectivity index (χ0v) is 17.3. The quantitative estimate of drug-likeness (QED) is 0.787. The van der Waals surface area contributed by atoms with Crippen LogP contribution in [0.3, 0.4) is 0 Å². The van der Waals surface area contributed by atoms with Crippen LogP contribution in [0.25, 0.3) is 0 Å². The summed E-state index contributed by atoms with van der Waals surface area (Å²) < 4.78 is 5.52. The van der Waals surface area contributed by atoms with Gasteiger partial charge in [-0.1, -0.05) is 43.5 Å². The van der Waals surface area contributed by atoms with Crippen molar-refractivity contribution in [1.29, 1.82) is 0 Å². The number of rotatable bonds is 4. The molecule has 2 fully saturated rings. The van der Waals surface area contributed by atoms with Crippen LogP contribution in [0.15, 0.2) is 24.3 Å². The molecule has 4 nitrogen and oxygen atoms in total. The zero-order chi connectivity index (χ0) is 19.3. The Morgan fingerprint density at radius 2 is 1.74 bits per heavy atom. The molecule has 1 aromatic rings. The Bertz CT molecular complexity index is 609. The number of ether oxygens (including phenoxy) is 1. The molecule has 2 aliphatic rings. The second-order valence-corrected chi connectivity index (χ2v) is 9.16. The lowest BCUT2D eigenvalue weighted by Crippen LogP contribution is -2.41. The minimum Gasteiger partial charge on any atom is -0.444 e. The molecule has 0 bridgehead atoms. The van der Waals surface area contributed by atoms with Crippen molar-refractivity contribution in [1.82, 2.24) is 10.2 Å². The fourth-order valence-electron chi connectivity index (χ4n) is 4.35. The predicted molar refractivity (Wildman–Crippen MR) is 110 cm³/mol. The van der Waals surface area contributed by atoms with Crippen molar-refractivity contribution in [3.8, 4) is 0 Å². The number of nitrogens with one attached hydrogen (secondary N) is 1. The highest BCUT2D eigenvalue weighted by atomic mass is 16.6. The standard InChI is InChI=1S/C23H36N2O2/c1-23(2,3)27-22(26)25-15-13-18(14-16-25)21-12-8-7-9-19(21)17-24-20-10-5-4-6-11-20/h7-9,12,18,20,24H,4-6,10-11,13-17H2,1-3H3. The van der Waals surface area contributed by atoms with Gasteiger partial charge in [0, 0.05) is 25.7 Å². The molecule has 0 aromatic heterocycles. The normalized spacial score (nSPS) is 19.9. The van der Waals surface area contributed by atoms with Crippen LogP contribution in [0, 0.1) is 0 Å². The third-order valence-electron chi connectivity index (χ3n) is 5.83. The smallest absolute Gasteiger partial charge is 0.410 e. The van der Waals surface area contributed by atoms with Crippen molar-refractivity contribution in [2.45, 2.75) is 89.8 Å². The van der Waals surface area contributed by atoms with Crippen LogP contribution in [-0.2, 0) is 11.3 Å². The molecule has 1 saturated carbocycles. The fraction of sp³-hybridized carbons (Fsp3) is 0.696. The average Bonchev–Trinajstić information content (AvgIpc) is 2.66. The van der Waals surface area contributed by atoms with E-state index in [9.17, 15) is 4.79 Å². The first-order valence-electron chi connectivity index (χ1n) is 10.7. The molecule has 1 aliphatic heterocycles. The Labute approximate surface area is 164 Å². The maximum Gasteiger partial charge on any atom is 0.410 e. The van der Waals surface area contributed by atoms with Crippen LogP contribution in [0.5, 0.6) is 0 Å². The number of hydrogen-bond acceptors (Lipinski definition) is 3. The molecule has 27 heavy (non-hydrogen) atoms. The summed E-state index contributed by atoms with van der Waals surface area (Å²) in [5.74, 6) is 0.535. The Balaban J connectivity index is 1.55. The molecule has 0 atom stereocenters. The number of carbonyl (C=O) groups excluding carboxylic acids is 1. The monoisotopic (exact) mass is 372 g/mol. The van der Waals surface area contributed by atoms with Crippen LogP contribution < -0.4 is 5.32 Å². The first-order valence-corrected chi connectivity index (χ1v) is 10.7. The van der Waals surface area contributed by atoms with Crippen LogP contribution >= 0.6 is 0 Å². The predicted octanol–water partition coefficient (Wildman–Crippen LogP) is 5.22. The second-order valence-electron chi connectivity index (χ2n) is 9.16. The summed E-state index contributed by atoms with van der Waals surface area (Å²) in [7, 11) is 0. The van der Waals surface area contributed by atoms with Gasteiger partial charge in [-0.25, -0.2) is 4.79 Å². The van der Waals surface area contributed by atoms with Gasteiger partial charge in [-0.3, -0.25) is 0 Å². The van der Waals surface area contributed by atoms with Gasteiger partial charge in [0.05, 0.1) is 0 Å². The van der Waals surface area contributed by atoms with Gasteiger partial charge in [-0.15, -0.1) is 0 Å². The lowest BCUT2D eigenvalue weighted by molar-refractivity contribution is 0.0204. The largest absolute Gasteiger partial charge is 0.444 e. The number of likely N-dealkylation sites (tertiary alicyclic amines) is 1. The van der Waals surface area contributed by atoms with Gasteiger partial charge in [0.15, 0.2) is 0 Å². The van der Waals surface area contributed by atoms with E-state index in [4.69, 9.17) is 4.74 Å². The highest BCUT2D eigenvalue weighted by molar-refractivity contribution is 5.68. The van der Waals surface area contributed by atoms with Crippen molar-refractivity contribution in [2.24, 2.45) is 0 Å². The Morgan fingerprint density at radius 1 is 1.07 bits per heavy atom. The third-order valence-corrected chi connectivity index (χ3v) is 5.83. The molecule has 1 N–H and O–H groups in total. The van der Waals surface area contributed by atoms with Crippen LogP contribution in [0.4, 0.5) is 4.79 Å². The van der Waals surface area contributed by atoms with Gasteiger partial charge in [0.25, 0.3) is 0 Å². The molecule has 3 rings (SSSR count). The molecule has 150 valence electrons. The molecule has 1 aromatic carbocycles. The van der Waals surface area contributed by atoms with Crippen molar-refractivity contribution in [3.63, 3.8) is 0 Å². The summed E-state index contributed by atoms with van der Waals surface area (Å²) in [5, 5.41) is 3.79. The van der Waals surface area contributed by atoms with Crippen LogP contribution in [0.1, 0.15) is 82.8 Å². The van der Waals surface area contributed by atoms with Gasteiger partial charge in [-0.05, 0) is 63.5 Å². The SMILES string of the molecule is CC(C)(C)OC(=O)N1CCC(c2ccccc2CNC2CCCCC2)CC1. The maximum atomic E-state index is 12.3. The lowest BCUT2D eigenvalue weighted by Gasteiger charge is -2.34. The molecule has 0 radical (unpaired) electrons. The topological polar surface area (TPSA) is 41.6 Å². The Kier molecular flexibility index (Phi) is 6.80. The summed E-state index contributed by atoms with van der Waals surface area (Å²) >= 11 is 0. The molecule has 0 unspecified atom stereocenters. The number of carbonyl (C=O) groups is 1. The first-order chi connectivity index (χ1) is 12.9. The van der Waals surface area contributed by atoms with Gasteiger partial charge in [-0.2, -0.15) is 0 Å². The van der Waals surface area contributed by atoms with Crippen molar-refractivity contribution in [2.75, 3.05) is 13.1 Å². The summed E-state index contributed by atoms with van der Waals surface area (Å²) in [5.41, 5.74) is 2.47. The third kappa shape index (κ3) is 5.97. The average molecular weight is 373 g/mol. The molecule has 4 heteroatoms. The van der Waals surface area contributed by atoms with Crippen molar-refractivity contribution < 1.29 is 9.53 Å². The van der Waals surface area contributed by atoms with Crippen LogP contribution in [-0.4, -0.2) is 35.7 Å². The van der Waals surface area contributed by atoms with E-state index in [1.807, 2.05) is 25.7 Å². The maximum absolute atomic E-state index is 12.3. The molecule has 1 amide bonds. The number of hydrogen-bond donors (Lipinski definition) is 1. The van der Waals surface area contributed by atoms with E-state index in [0.29, 0.717) is 12.0 Å². The van der Waals surface area contributed by atoms with Gasteiger partial charge in [0.1, 0.15) is 5.60 Å². The van der Waals surface area contributed by atoms with Gasteiger partial charge in [0.2, 0.25) is 0 Å². The van der Waals surface area contributed by atoms with E-state index in [1.165, 1.54) is 43.2 Å². The fourth-order valence-corrected chi connectivity index (χ4v) is 4.35. The van der Waals surface area contributed by atoms with E-state index in [0.717, 1.165) is 32.5 Å². The molecule has 0 spiro atoms. The molecule has 1 saturated heterocycles. The van der Waals surface area contributed by atoms with E-state index in [2.05, 4.69) is 29.6 Å². The van der Waals surface area contributed by atoms with Gasteiger partial charge >= 0.3 is 6.09 Å². The number of benzene rings is 1.